The van der Waals surface area contributed by atoms with Crippen LogP contribution in [-0.2, 0) is 6.42 Å². The molecular weight excluding hydrogens is 415 g/mol. The van der Waals surface area contributed by atoms with Crippen molar-refractivity contribution in [1.29, 1.82) is 0 Å². The monoisotopic (exact) mass is 442 g/mol. The maximum absolute atomic E-state index is 14.1. The number of nitrogens with zero attached hydrogens (tertiary/aromatic N) is 2. The zero-order valence-electron chi connectivity index (χ0n) is 18.6. The van der Waals surface area contributed by atoms with Crippen LogP contribution in [0.25, 0.3) is 22.2 Å². The SMILES string of the molecule is Cc1cc(-c2n[nH]c3ccc(C(=O)NC4CCCC(Cc5ccccc5F)C4)cc23)ccn1. The van der Waals surface area contributed by atoms with Crippen molar-refractivity contribution in [3.8, 4) is 11.3 Å². The molecule has 0 spiro atoms. The second-order valence-corrected chi connectivity index (χ2v) is 9.02. The number of aryl methyl sites for hydroxylation is 1. The van der Waals surface area contributed by atoms with Gasteiger partial charge in [-0.05, 0) is 80.5 Å². The van der Waals surface area contributed by atoms with E-state index in [4.69, 9.17) is 0 Å². The van der Waals surface area contributed by atoms with Gasteiger partial charge in [-0.2, -0.15) is 5.10 Å². The predicted molar refractivity (Wildman–Crippen MR) is 127 cm³/mol. The molecule has 2 N–H and O–H groups in total. The van der Waals surface area contributed by atoms with E-state index in [1.807, 2.05) is 49.4 Å². The molecule has 6 heteroatoms. The molecular formula is C27H27FN4O. The van der Waals surface area contributed by atoms with Crippen molar-refractivity contribution in [2.24, 2.45) is 5.92 Å². The highest BCUT2D eigenvalue weighted by Gasteiger charge is 2.25. The van der Waals surface area contributed by atoms with Gasteiger partial charge in [-0.15, -0.1) is 0 Å². The second-order valence-electron chi connectivity index (χ2n) is 9.02. The van der Waals surface area contributed by atoms with Gasteiger partial charge in [-0.1, -0.05) is 24.6 Å². The fraction of sp³-hybridized carbons (Fsp3) is 0.296. The van der Waals surface area contributed by atoms with Gasteiger partial charge >= 0.3 is 0 Å². The molecule has 1 saturated carbocycles. The number of aromatic nitrogens is 3. The zero-order chi connectivity index (χ0) is 22.8. The van der Waals surface area contributed by atoms with Gasteiger partial charge in [0.2, 0.25) is 0 Å². The highest BCUT2D eigenvalue weighted by molar-refractivity contribution is 6.01. The van der Waals surface area contributed by atoms with Crippen LogP contribution in [0.1, 0.15) is 47.3 Å². The van der Waals surface area contributed by atoms with E-state index in [0.29, 0.717) is 17.9 Å². The number of H-pyrrole nitrogens is 1. The third-order valence-corrected chi connectivity index (χ3v) is 6.58. The van der Waals surface area contributed by atoms with Crippen molar-refractivity contribution in [2.45, 2.75) is 45.1 Å². The lowest BCUT2D eigenvalue weighted by atomic mass is 9.82. The molecule has 1 amide bonds. The Morgan fingerprint density at radius 2 is 2.03 bits per heavy atom. The van der Waals surface area contributed by atoms with E-state index in [9.17, 15) is 9.18 Å². The quantitative estimate of drug-likeness (QED) is 0.422. The van der Waals surface area contributed by atoms with Crippen molar-refractivity contribution < 1.29 is 9.18 Å². The van der Waals surface area contributed by atoms with E-state index in [1.54, 1.807) is 12.3 Å². The van der Waals surface area contributed by atoms with E-state index in [2.05, 4.69) is 20.5 Å². The molecule has 1 aliphatic carbocycles. The van der Waals surface area contributed by atoms with E-state index >= 15 is 0 Å². The van der Waals surface area contributed by atoms with Gasteiger partial charge in [0.15, 0.2) is 0 Å². The molecule has 2 aromatic carbocycles. The number of hydrogen-bond acceptors (Lipinski definition) is 3. The molecule has 4 aromatic rings. The van der Waals surface area contributed by atoms with Crippen molar-refractivity contribution in [1.82, 2.24) is 20.5 Å². The Balaban J connectivity index is 1.30. The minimum absolute atomic E-state index is 0.0773. The van der Waals surface area contributed by atoms with Crippen molar-refractivity contribution in [3.05, 3.63) is 83.4 Å². The second kappa shape index (κ2) is 9.14. The summed E-state index contributed by atoms with van der Waals surface area (Å²) < 4.78 is 14.1. The van der Waals surface area contributed by atoms with Gasteiger partial charge < -0.3 is 5.32 Å². The third-order valence-electron chi connectivity index (χ3n) is 6.58. The zero-order valence-corrected chi connectivity index (χ0v) is 18.6. The molecule has 2 heterocycles. The number of fused-ring (bicyclic) bond motifs is 1. The van der Waals surface area contributed by atoms with Crippen molar-refractivity contribution in [3.63, 3.8) is 0 Å². The van der Waals surface area contributed by atoms with Gasteiger partial charge in [0.25, 0.3) is 5.91 Å². The van der Waals surface area contributed by atoms with Crippen LogP contribution in [-0.4, -0.2) is 27.1 Å². The molecule has 0 saturated heterocycles. The summed E-state index contributed by atoms with van der Waals surface area (Å²) in [6.07, 6.45) is 6.41. The number of aromatic amines is 1. The Hall–Kier alpha value is -3.54. The number of hydrogen-bond donors (Lipinski definition) is 2. The van der Waals surface area contributed by atoms with Gasteiger partial charge in [0, 0.05) is 34.4 Å². The number of halogens is 1. The van der Waals surface area contributed by atoms with E-state index in [0.717, 1.165) is 59.1 Å². The molecule has 2 unspecified atom stereocenters. The van der Waals surface area contributed by atoms with Gasteiger partial charge in [-0.25, -0.2) is 4.39 Å². The minimum atomic E-state index is -0.141. The molecule has 33 heavy (non-hydrogen) atoms. The van der Waals surface area contributed by atoms with Crippen molar-refractivity contribution >= 4 is 16.8 Å². The lowest BCUT2D eigenvalue weighted by Gasteiger charge is -2.30. The number of pyridine rings is 1. The lowest BCUT2D eigenvalue weighted by Crippen LogP contribution is -2.38. The Kier molecular flexibility index (Phi) is 5.90. The average molecular weight is 443 g/mol. The molecule has 168 valence electrons. The maximum atomic E-state index is 14.1. The van der Waals surface area contributed by atoms with E-state index in [-0.39, 0.29) is 17.8 Å². The molecule has 1 aliphatic rings. The first kappa shape index (κ1) is 21.3. The van der Waals surface area contributed by atoms with Crippen LogP contribution in [0.5, 0.6) is 0 Å². The molecule has 2 atom stereocenters. The Morgan fingerprint density at radius 1 is 1.15 bits per heavy atom. The summed E-state index contributed by atoms with van der Waals surface area (Å²) in [6.45, 7) is 1.95. The Labute approximate surface area is 192 Å². The number of rotatable bonds is 5. The van der Waals surface area contributed by atoms with Crippen LogP contribution < -0.4 is 5.32 Å². The summed E-state index contributed by atoms with van der Waals surface area (Å²) in [6, 6.07) is 16.6. The smallest absolute Gasteiger partial charge is 0.251 e. The largest absolute Gasteiger partial charge is 0.349 e. The molecule has 5 nitrogen and oxygen atoms in total. The van der Waals surface area contributed by atoms with Crippen LogP contribution in [0.3, 0.4) is 0 Å². The maximum Gasteiger partial charge on any atom is 0.251 e. The van der Waals surface area contributed by atoms with E-state index < -0.39 is 0 Å². The molecule has 1 fully saturated rings. The summed E-state index contributed by atoms with van der Waals surface area (Å²) in [5.41, 5.74) is 4.96. The van der Waals surface area contributed by atoms with E-state index in [1.165, 1.54) is 6.07 Å². The standard InChI is InChI=1S/C27H27FN4O/c1-17-13-20(11-12-29-17)26-23-16-21(9-10-25(23)31-32-26)27(33)30-22-7-4-5-18(15-22)14-19-6-2-3-8-24(19)28/h2-3,6,8-13,16,18,22H,4-5,7,14-15H2,1H3,(H,30,33)(H,31,32). The molecule has 5 rings (SSSR count). The third kappa shape index (κ3) is 4.65. The summed E-state index contributed by atoms with van der Waals surface area (Å²) in [5, 5.41) is 11.6. The summed E-state index contributed by atoms with van der Waals surface area (Å²) in [5.74, 6) is 0.155. The summed E-state index contributed by atoms with van der Waals surface area (Å²) in [7, 11) is 0. The topological polar surface area (TPSA) is 70.7 Å². The number of carbonyl (C=O) groups is 1. The predicted octanol–water partition coefficient (Wildman–Crippen LogP) is 5.60. The molecule has 2 aromatic heterocycles. The van der Waals surface area contributed by atoms with Gasteiger partial charge in [-0.3, -0.25) is 14.9 Å². The Bertz CT molecular complexity index is 1300. The number of amides is 1. The van der Waals surface area contributed by atoms with Crippen LogP contribution in [0, 0.1) is 18.7 Å². The highest BCUT2D eigenvalue weighted by atomic mass is 19.1. The fourth-order valence-corrected chi connectivity index (χ4v) is 4.92. The normalized spacial score (nSPS) is 18.4. The summed E-state index contributed by atoms with van der Waals surface area (Å²) in [4.78, 5) is 17.3. The number of nitrogens with one attached hydrogen (secondary N) is 2. The molecule has 0 aliphatic heterocycles. The van der Waals surface area contributed by atoms with Gasteiger partial charge in [0.1, 0.15) is 11.5 Å². The van der Waals surface area contributed by atoms with Crippen LogP contribution in [0.15, 0.2) is 60.8 Å². The number of carbonyl (C=O) groups excluding carboxylic acids is 1. The first-order valence-electron chi connectivity index (χ1n) is 11.5. The number of benzene rings is 2. The molecule has 0 bridgehead atoms. The highest BCUT2D eigenvalue weighted by Crippen LogP contribution is 2.30. The average Bonchev–Trinajstić information content (AvgIpc) is 3.24. The van der Waals surface area contributed by atoms with Gasteiger partial charge in [0.05, 0.1) is 5.52 Å². The van der Waals surface area contributed by atoms with Crippen LogP contribution in [0.2, 0.25) is 0 Å². The molecule has 0 radical (unpaired) electrons. The lowest BCUT2D eigenvalue weighted by molar-refractivity contribution is 0.0919. The fourth-order valence-electron chi connectivity index (χ4n) is 4.92. The summed E-state index contributed by atoms with van der Waals surface area (Å²) >= 11 is 0. The van der Waals surface area contributed by atoms with Crippen LogP contribution >= 0.6 is 0 Å². The minimum Gasteiger partial charge on any atom is -0.349 e. The Morgan fingerprint density at radius 3 is 2.88 bits per heavy atom. The van der Waals surface area contributed by atoms with Crippen molar-refractivity contribution in [2.75, 3.05) is 0 Å². The van der Waals surface area contributed by atoms with Crippen LogP contribution in [0.4, 0.5) is 4.39 Å². The first-order valence-corrected chi connectivity index (χ1v) is 11.5. The first-order chi connectivity index (χ1) is 16.1.